The van der Waals surface area contributed by atoms with Gasteiger partial charge in [-0.1, -0.05) is 25.5 Å². The van der Waals surface area contributed by atoms with Crippen molar-refractivity contribution in [1.29, 1.82) is 0 Å². The van der Waals surface area contributed by atoms with Gasteiger partial charge in [0.25, 0.3) is 0 Å². The first-order valence-electron chi connectivity index (χ1n) is 12.4. The second-order valence-corrected chi connectivity index (χ2v) is 11.2. The Bertz CT molecular complexity index is 986. The van der Waals surface area contributed by atoms with E-state index in [4.69, 9.17) is 0 Å². The van der Waals surface area contributed by atoms with E-state index in [1.165, 1.54) is 5.57 Å². The molecule has 0 amide bonds. The van der Waals surface area contributed by atoms with Gasteiger partial charge in [0.15, 0.2) is 5.78 Å². The number of carbonyl (C=O) groups excluding carboxylic acids is 1. The quantitative estimate of drug-likeness (QED) is 0.512. The molecule has 1 heterocycles. The Morgan fingerprint density at radius 2 is 1.90 bits per heavy atom. The number of aryl methyl sites for hydroxylation is 2. The first-order valence-corrected chi connectivity index (χ1v) is 12.4. The number of carbonyl (C=O) groups is 1. The van der Waals surface area contributed by atoms with E-state index in [0.29, 0.717) is 23.5 Å². The summed E-state index contributed by atoms with van der Waals surface area (Å²) in [5.74, 6) is 2.06. The minimum absolute atomic E-state index is 0.164. The molecule has 0 aromatic carbocycles. The van der Waals surface area contributed by atoms with Crippen LogP contribution in [0.1, 0.15) is 82.7 Å². The first-order chi connectivity index (χ1) is 14.7. The lowest BCUT2D eigenvalue weighted by Gasteiger charge is -2.56. The van der Waals surface area contributed by atoms with Crippen molar-refractivity contribution in [2.45, 2.75) is 92.2 Å². The maximum absolute atomic E-state index is 13.7. The Labute approximate surface area is 186 Å². The van der Waals surface area contributed by atoms with Crippen LogP contribution in [0.3, 0.4) is 0 Å². The number of ketones is 1. The van der Waals surface area contributed by atoms with Gasteiger partial charge >= 0.3 is 0 Å². The highest BCUT2D eigenvalue weighted by Gasteiger charge is 2.59. The van der Waals surface area contributed by atoms with Gasteiger partial charge in [-0.15, -0.1) is 0 Å². The molecular formula is C27H38N2O2. The molecule has 1 aromatic rings. The standard InChI is InChI=1S/C27H38N2O2/c1-6-29-17(3)22(16(2)28-29)13-18-14-24-21-8-7-19-15-20(30)9-11-26(19,4)23(21)10-12-27(24,5)25(18)31/h7,13,20-21,23-24,30H,6,8-12,14-15H2,1-5H3/b18-13+/t20-,21-,23+,24+,26-,27+/m0/s1. The largest absolute Gasteiger partial charge is 0.393 e. The second-order valence-electron chi connectivity index (χ2n) is 11.2. The summed E-state index contributed by atoms with van der Waals surface area (Å²) in [5.41, 5.74) is 5.85. The Balaban J connectivity index is 1.49. The number of rotatable bonds is 2. The van der Waals surface area contributed by atoms with Crippen molar-refractivity contribution in [2.75, 3.05) is 0 Å². The van der Waals surface area contributed by atoms with E-state index in [1.807, 2.05) is 4.68 Å². The normalized spacial score (nSPS) is 41.0. The summed E-state index contributed by atoms with van der Waals surface area (Å²) in [6, 6.07) is 0. The van der Waals surface area contributed by atoms with Crippen molar-refractivity contribution >= 4 is 11.9 Å². The topological polar surface area (TPSA) is 55.1 Å². The molecule has 0 saturated heterocycles. The highest BCUT2D eigenvalue weighted by molar-refractivity contribution is 6.06. The van der Waals surface area contributed by atoms with Crippen LogP contribution < -0.4 is 0 Å². The third kappa shape index (κ3) is 2.97. The molecule has 4 aliphatic carbocycles. The van der Waals surface area contributed by atoms with Crippen molar-refractivity contribution in [1.82, 2.24) is 9.78 Å². The fraction of sp³-hybridized carbons (Fsp3) is 0.704. The molecule has 5 rings (SSSR count). The van der Waals surface area contributed by atoms with Gasteiger partial charge in [-0.05, 0) is 101 Å². The van der Waals surface area contributed by atoms with Crippen LogP contribution in [0.4, 0.5) is 0 Å². The van der Waals surface area contributed by atoms with Crippen LogP contribution >= 0.6 is 0 Å². The maximum atomic E-state index is 13.7. The number of aliphatic hydroxyl groups excluding tert-OH is 1. The van der Waals surface area contributed by atoms with E-state index >= 15 is 0 Å². The zero-order valence-electron chi connectivity index (χ0n) is 19.9. The smallest absolute Gasteiger partial charge is 0.165 e. The van der Waals surface area contributed by atoms with Crippen LogP contribution in [0.5, 0.6) is 0 Å². The first kappa shape index (κ1) is 21.2. The van der Waals surface area contributed by atoms with Gasteiger partial charge in [-0.25, -0.2) is 0 Å². The molecule has 31 heavy (non-hydrogen) atoms. The minimum atomic E-state index is -0.217. The van der Waals surface area contributed by atoms with E-state index in [9.17, 15) is 9.90 Å². The number of Topliss-reactive ketones (excluding diaryl/α,β-unsaturated/α-hetero) is 1. The summed E-state index contributed by atoms with van der Waals surface area (Å²) in [4.78, 5) is 13.7. The number of hydrogen-bond donors (Lipinski definition) is 1. The third-order valence-electron chi connectivity index (χ3n) is 9.77. The molecule has 1 aromatic heterocycles. The third-order valence-corrected chi connectivity index (χ3v) is 9.77. The van der Waals surface area contributed by atoms with Gasteiger partial charge < -0.3 is 5.11 Å². The zero-order chi connectivity index (χ0) is 22.1. The molecule has 6 atom stereocenters. The highest BCUT2D eigenvalue weighted by Crippen LogP contribution is 2.64. The molecule has 0 spiro atoms. The predicted octanol–water partition coefficient (Wildman–Crippen LogP) is 5.41. The van der Waals surface area contributed by atoms with Gasteiger partial charge in [0.1, 0.15) is 0 Å². The molecule has 4 heteroatoms. The molecule has 168 valence electrons. The van der Waals surface area contributed by atoms with Crippen LogP contribution in [0, 0.1) is 42.4 Å². The van der Waals surface area contributed by atoms with Crippen LogP contribution in [0.25, 0.3) is 6.08 Å². The maximum Gasteiger partial charge on any atom is 0.165 e. The molecule has 0 aliphatic heterocycles. The minimum Gasteiger partial charge on any atom is -0.393 e. The molecule has 0 unspecified atom stereocenters. The van der Waals surface area contributed by atoms with Gasteiger partial charge in [0.2, 0.25) is 0 Å². The summed E-state index contributed by atoms with van der Waals surface area (Å²) in [6.07, 6.45) is 11.5. The van der Waals surface area contributed by atoms with Gasteiger partial charge in [0, 0.05) is 23.2 Å². The van der Waals surface area contributed by atoms with Gasteiger partial charge in [-0.3, -0.25) is 9.48 Å². The summed E-state index contributed by atoms with van der Waals surface area (Å²) >= 11 is 0. The van der Waals surface area contributed by atoms with Crippen molar-refractivity contribution in [2.24, 2.45) is 28.6 Å². The number of aromatic nitrogens is 2. The molecule has 4 nitrogen and oxygen atoms in total. The fourth-order valence-corrected chi connectivity index (χ4v) is 7.84. The Kier molecular flexibility index (Phi) is 4.89. The van der Waals surface area contributed by atoms with E-state index in [-0.39, 0.29) is 16.9 Å². The van der Waals surface area contributed by atoms with E-state index in [2.05, 4.69) is 51.9 Å². The molecule has 3 saturated carbocycles. The molecule has 0 bridgehead atoms. The van der Waals surface area contributed by atoms with E-state index < -0.39 is 0 Å². The fourth-order valence-electron chi connectivity index (χ4n) is 7.84. The summed E-state index contributed by atoms with van der Waals surface area (Å²) in [5, 5.41) is 14.9. The van der Waals surface area contributed by atoms with Crippen LogP contribution in [-0.2, 0) is 11.3 Å². The number of nitrogens with zero attached hydrogens (tertiary/aromatic N) is 2. The number of hydrogen-bond acceptors (Lipinski definition) is 3. The lowest BCUT2D eigenvalue weighted by atomic mass is 9.48. The van der Waals surface area contributed by atoms with Crippen LogP contribution in [-0.4, -0.2) is 26.8 Å². The summed E-state index contributed by atoms with van der Waals surface area (Å²) in [6.45, 7) is 11.8. The van der Waals surface area contributed by atoms with Crippen molar-refractivity contribution in [3.63, 3.8) is 0 Å². The van der Waals surface area contributed by atoms with Crippen molar-refractivity contribution in [3.05, 3.63) is 34.2 Å². The molecular weight excluding hydrogens is 384 g/mol. The lowest BCUT2D eigenvalue weighted by molar-refractivity contribution is -0.130. The average molecular weight is 423 g/mol. The molecule has 4 aliphatic rings. The number of allylic oxidation sites excluding steroid dienone is 2. The zero-order valence-corrected chi connectivity index (χ0v) is 19.9. The highest BCUT2D eigenvalue weighted by atomic mass is 16.3. The molecule has 3 fully saturated rings. The van der Waals surface area contributed by atoms with Crippen LogP contribution in [0.15, 0.2) is 17.2 Å². The van der Waals surface area contributed by atoms with Crippen molar-refractivity contribution < 1.29 is 9.90 Å². The Hall–Kier alpha value is -1.68. The SMILES string of the molecule is CCn1nc(C)c(/C=C2\C[C@@H]3[C@H]4CC=C5C[C@@H](O)CC[C@]5(C)[C@@H]4CC[C@@]3(C)C2=O)c1C. The summed E-state index contributed by atoms with van der Waals surface area (Å²) in [7, 11) is 0. The Morgan fingerprint density at radius 3 is 2.61 bits per heavy atom. The molecule has 0 radical (unpaired) electrons. The molecule has 1 N–H and O–H groups in total. The van der Waals surface area contributed by atoms with Crippen molar-refractivity contribution in [3.8, 4) is 0 Å². The average Bonchev–Trinajstić information content (AvgIpc) is 3.16. The number of aliphatic hydroxyl groups is 1. The van der Waals surface area contributed by atoms with Gasteiger partial charge in [0.05, 0.1) is 11.8 Å². The van der Waals surface area contributed by atoms with Gasteiger partial charge in [-0.2, -0.15) is 5.10 Å². The monoisotopic (exact) mass is 422 g/mol. The Morgan fingerprint density at radius 1 is 1.16 bits per heavy atom. The predicted molar refractivity (Wildman–Crippen MR) is 123 cm³/mol. The number of fused-ring (bicyclic) bond motifs is 5. The van der Waals surface area contributed by atoms with E-state index in [0.717, 1.165) is 74.0 Å². The summed E-state index contributed by atoms with van der Waals surface area (Å²) < 4.78 is 2.04. The lowest BCUT2D eigenvalue weighted by Crippen LogP contribution is -2.50. The van der Waals surface area contributed by atoms with E-state index in [1.54, 1.807) is 0 Å². The van der Waals surface area contributed by atoms with Crippen LogP contribution in [0.2, 0.25) is 0 Å². The second kappa shape index (κ2) is 7.16.